The second-order valence-electron chi connectivity index (χ2n) is 11.0. The Hall–Kier alpha value is -4.29. The van der Waals surface area contributed by atoms with Crippen LogP contribution in [0.5, 0.6) is 0 Å². The summed E-state index contributed by atoms with van der Waals surface area (Å²) < 4.78 is 100. The van der Waals surface area contributed by atoms with E-state index < -0.39 is 58.2 Å². The molecule has 1 aliphatic heterocycles. The lowest BCUT2D eigenvalue weighted by Crippen LogP contribution is -2.42. The van der Waals surface area contributed by atoms with Gasteiger partial charge >= 0.3 is 18.3 Å². The number of esters is 1. The molecule has 6 nitrogen and oxygen atoms in total. The van der Waals surface area contributed by atoms with E-state index in [4.69, 9.17) is 4.74 Å². The maximum Gasteiger partial charge on any atom is 0.416 e. The van der Waals surface area contributed by atoms with Crippen LogP contribution >= 0.6 is 0 Å². The summed E-state index contributed by atoms with van der Waals surface area (Å²) in [7, 11) is 2.57. The molecule has 44 heavy (non-hydrogen) atoms. The number of pyridine rings is 1. The second-order valence-corrected chi connectivity index (χ2v) is 11.0. The summed E-state index contributed by atoms with van der Waals surface area (Å²) in [5.74, 6) is -1.86. The first kappa shape index (κ1) is 32.6. The summed E-state index contributed by atoms with van der Waals surface area (Å²) in [5, 5.41) is 0. The van der Waals surface area contributed by atoms with Crippen LogP contribution in [0.4, 0.5) is 36.4 Å². The van der Waals surface area contributed by atoms with Gasteiger partial charge in [0.25, 0.3) is 0 Å². The fourth-order valence-electron chi connectivity index (χ4n) is 5.08. The highest BCUT2D eigenvalue weighted by Gasteiger charge is 2.41. The zero-order valence-electron chi connectivity index (χ0n) is 24.3. The molecule has 3 aromatic rings. The van der Waals surface area contributed by atoms with E-state index >= 15 is 0 Å². The van der Waals surface area contributed by atoms with E-state index in [1.54, 1.807) is 13.0 Å². The van der Waals surface area contributed by atoms with E-state index in [0.29, 0.717) is 53.1 Å². The summed E-state index contributed by atoms with van der Waals surface area (Å²) in [6.07, 6.45) is -8.08. The van der Waals surface area contributed by atoms with Gasteiger partial charge in [-0.2, -0.15) is 26.3 Å². The predicted octanol–water partition coefficient (Wildman–Crippen LogP) is 7.30. The third-order valence-electron chi connectivity index (χ3n) is 7.61. The molecule has 1 amide bonds. The Morgan fingerprint density at radius 2 is 1.50 bits per heavy atom. The average molecular weight is 624 g/mol. The van der Waals surface area contributed by atoms with Gasteiger partial charge in [0.15, 0.2) is 0 Å². The van der Waals surface area contributed by atoms with Crippen molar-refractivity contribution in [1.29, 1.82) is 0 Å². The van der Waals surface area contributed by atoms with Crippen molar-refractivity contribution in [3.05, 3.63) is 82.4 Å². The first-order chi connectivity index (χ1) is 20.3. The Morgan fingerprint density at radius 3 is 2.05 bits per heavy atom. The molecule has 0 N–H and O–H groups in total. The zero-order valence-corrected chi connectivity index (χ0v) is 24.3. The quantitative estimate of drug-likeness (QED) is 0.214. The number of amides is 1. The molecule has 2 aromatic carbocycles. The lowest BCUT2D eigenvalue weighted by Gasteiger charge is -2.32. The van der Waals surface area contributed by atoms with Gasteiger partial charge < -0.3 is 9.64 Å². The number of carbonyl (C=O) groups is 2. The molecule has 1 atom stereocenters. The van der Waals surface area contributed by atoms with Crippen molar-refractivity contribution in [1.82, 2.24) is 4.98 Å². The van der Waals surface area contributed by atoms with Crippen LogP contribution < -0.4 is 4.90 Å². The van der Waals surface area contributed by atoms with Crippen LogP contribution in [0.2, 0.25) is 0 Å². The van der Waals surface area contributed by atoms with E-state index in [1.165, 1.54) is 52.4 Å². The molecule has 234 valence electrons. The van der Waals surface area contributed by atoms with Crippen LogP contribution in [-0.4, -0.2) is 42.8 Å². The number of aryl methyl sites for hydroxylation is 1. The minimum Gasteiger partial charge on any atom is -0.467 e. The summed E-state index contributed by atoms with van der Waals surface area (Å²) in [4.78, 5) is 35.8. The number of rotatable bonds is 6. The number of ether oxygens (including phenoxy) is 1. The highest BCUT2D eigenvalue weighted by molar-refractivity contribution is 6.06. The molecule has 13 heteroatoms. The maximum atomic E-state index is 14.0. The normalized spacial score (nSPS) is 15.6. The number of methoxy groups -OCH3 is 1. The third-order valence-corrected chi connectivity index (χ3v) is 7.61. The highest BCUT2D eigenvalue weighted by Crippen LogP contribution is 2.41. The fraction of sp³-hybridized carbons (Fsp3) is 0.355. The molecule has 0 saturated carbocycles. The largest absolute Gasteiger partial charge is 0.467 e. The number of benzene rings is 2. The lowest BCUT2D eigenvalue weighted by atomic mass is 9.81. The van der Waals surface area contributed by atoms with Crippen LogP contribution in [0.25, 0.3) is 11.1 Å². The van der Waals surface area contributed by atoms with Crippen molar-refractivity contribution in [2.24, 2.45) is 4.99 Å². The summed E-state index contributed by atoms with van der Waals surface area (Å²) in [6.45, 7) is 4.09. The highest BCUT2D eigenvalue weighted by atomic mass is 19.4. The molecule has 0 fully saturated rings. The number of carbonyl (C=O) groups excluding carboxylic acids is 2. The number of halogens is 7. The van der Waals surface area contributed by atoms with Crippen LogP contribution in [0.3, 0.4) is 0 Å². The summed E-state index contributed by atoms with van der Waals surface area (Å²) >= 11 is 0. The van der Waals surface area contributed by atoms with Crippen LogP contribution in [0, 0.1) is 12.7 Å². The fourth-order valence-corrected chi connectivity index (χ4v) is 5.08. The van der Waals surface area contributed by atoms with Gasteiger partial charge in [0, 0.05) is 12.6 Å². The van der Waals surface area contributed by atoms with Crippen molar-refractivity contribution in [2.45, 2.75) is 57.4 Å². The number of likely N-dealkylation sites (N-methyl/N-ethyl adjacent to an activating group) is 1. The molecular weight excluding hydrogens is 595 g/mol. The van der Waals surface area contributed by atoms with Crippen LogP contribution in [0.15, 0.2) is 53.7 Å². The minimum absolute atomic E-state index is 0.00231. The van der Waals surface area contributed by atoms with Gasteiger partial charge in [0.05, 0.1) is 46.9 Å². The number of aliphatic imine (C=N–C) groups is 1. The summed E-state index contributed by atoms with van der Waals surface area (Å²) in [5.41, 5.74) is -3.07. The standard InChI is InChI=1S/C31H28F7N3O3/c1-16-10-20(32)6-7-21(16)22-14-25(23-8-9-24(40-23)27(42)44-5)39-15-26(22)41(4)28(43)29(2,3)17-11-18(30(33,34)35)13-19(12-17)31(36,37)38/h6-7,10-15,24H,8-9H2,1-5H3/t24-/m1/s1. The van der Waals surface area contributed by atoms with Gasteiger partial charge in [-0.3, -0.25) is 14.8 Å². The molecule has 0 bridgehead atoms. The van der Waals surface area contributed by atoms with Crippen molar-refractivity contribution < 1.29 is 45.1 Å². The van der Waals surface area contributed by atoms with E-state index in [0.717, 1.165) is 4.90 Å². The van der Waals surface area contributed by atoms with Gasteiger partial charge in [0.2, 0.25) is 5.91 Å². The Balaban J connectivity index is 1.83. The van der Waals surface area contributed by atoms with E-state index in [-0.39, 0.29) is 11.8 Å². The van der Waals surface area contributed by atoms with Gasteiger partial charge in [-0.1, -0.05) is 6.07 Å². The van der Waals surface area contributed by atoms with E-state index in [9.17, 15) is 40.3 Å². The Kier molecular flexibility index (Phi) is 8.64. The minimum atomic E-state index is -5.09. The Morgan fingerprint density at radius 1 is 0.909 bits per heavy atom. The monoisotopic (exact) mass is 623 g/mol. The zero-order chi connectivity index (χ0) is 32.8. The molecule has 1 aliphatic rings. The molecule has 0 unspecified atom stereocenters. The lowest BCUT2D eigenvalue weighted by molar-refractivity contribution is -0.144. The third kappa shape index (κ3) is 6.46. The average Bonchev–Trinajstić information content (AvgIpc) is 3.45. The molecule has 2 heterocycles. The topological polar surface area (TPSA) is 71.9 Å². The summed E-state index contributed by atoms with van der Waals surface area (Å²) in [6, 6.07) is 5.90. The molecule has 1 aromatic heterocycles. The van der Waals surface area contributed by atoms with Crippen LogP contribution in [-0.2, 0) is 32.1 Å². The molecule has 4 rings (SSSR count). The van der Waals surface area contributed by atoms with Crippen molar-refractivity contribution in [3.63, 3.8) is 0 Å². The Bertz CT molecular complexity index is 1610. The number of hydrogen-bond acceptors (Lipinski definition) is 5. The molecule has 0 spiro atoms. The molecule has 0 saturated heterocycles. The van der Waals surface area contributed by atoms with Crippen molar-refractivity contribution >= 4 is 23.3 Å². The second kappa shape index (κ2) is 11.7. The van der Waals surface area contributed by atoms with Gasteiger partial charge in [-0.25, -0.2) is 9.18 Å². The van der Waals surface area contributed by atoms with E-state index in [1.807, 2.05) is 0 Å². The first-order valence-corrected chi connectivity index (χ1v) is 13.3. The smallest absolute Gasteiger partial charge is 0.416 e. The van der Waals surface area contributed by atoms with Crippen molar-refractivity contribution in [3.8, 4) is 11.1 Å². The molecule has 0 aliphatic carbocycles. The number of anilines is 1. The SMILES string of the molecule is COC(=O)[C@H]1CCC(c2cc(-c3ccc(F)cc3C)c(N(C)C(=O)C(C)(C)c3cc(C(F)(F)F)cc(C(F)(F)F)c3)cn2)=N1. The van der Waals surface area contributed by atoms with Crippen molar-refractivity contribution in [2.75, 3.05) is 19.1 Å². The molecule has 0 radical (unpaired) electrons. The van der Waals surface area contributed by atoms with Gasteiger partial charge in [-0.15, -0.1) is 0 Å². The first-order valence-electron chi connectivity index (χ1n) is 13.3. The predicted molar refractivity (Wildman–Crippen MR) is 149 cm³/mol. The number of hydrogen-bond donors (Lipinski definition) is 0. The number of aromatic nitrogens is 1. The maximum absolute atomic E-state index is 14.0. The van der Waals surface area contributed by atoms with Gasteiger partial charge in [-0.05, 0) is 86.7 Å². The van der Waals surface area contributed by atoms with E-state index in [2.05, 4.69) is 9.98 Å². The van der Waals surface area contributed by atoms with Crippen LogP contribution in [0.1, 0.15) is 54.6 Å². The number of alkyl halides is 6. The number of nitrogens with zero attached hydrogens (tertiary/aromatic N) is 3. The Labute approximate surface area is 248 Å². The van der Waals surface area contributed by atoms with Gasteiger partial charge in [0.1, 0.15) is 11.9 Å². The molecular formula is C31H28F7N3O3.